The van der Waals surface area contributed by atoms with Gasteiger partial charge in [0.25, 0.3) is 0 Å². The lowest BCUT2D eigenvalue weighted by molar-refractivity contribution is 0.0596. The van der Waals surface area contributed by atoms with E-state index in [-0.39, 0.29) is 12.6 Å². The molecule has 2 heterocycles. The van der Waals surface area contributed by atoms with Crippen LogP contribution < -0.4 is 10.1 Å². The molecule has 24 heavy (non-hydrogen) atoms. The Kier molecular flexibility index (Phi) is 5.27. The minimum absolute atomic E-state index is 0.113. The maximum Gasteiger partial charge on any atom is 0.341 e. The van der Waals surface area contributed by atoms with Gasteiger partial charge < -0.3 is 14.8 Å². The maximum absolute atomic E-state index is 11.9. The zero-order valence-electron chi connectivity index (χ0n) is 13.3. The van der Waals surface area contributed by atoms with E-state index in [0.29, 0.717) is 27.9 Å². The van der Waals surface area contributed by atoms with Gasteiger partial charge in [-0.3, -0.25) is 0 Å². The van der Waals surface area contributed by atoms with E-state index in [0.717, 1.165) is 19.4 Å². The fraction of sp³-hybridized carbons (Fsp3) is 0.353. The van der Waals surface area contributed by atoms with E-state index in [1.807, 2.05) is 0 Å². The Balaban J connectivity index is 1.84. The predicted octanol–water partition coefficient (Wildman–Crippen LogP) is 2.92. The Hall–Kier alpha value is -2.18. The minimum atomic E-state index is -0.481. The SMILES string of the molecule is COC(=O)c1cnc(C2CCCN2)nc1COc1cccc(Cl)c1. The highest BCUT2D eigenvalue weighted by atomic mass is 35.5. The molecule has 1 aromatic carbocycles. The predicted molar refractivity (Wildman–Crippen MR) is 89.1 cm³/mol. The van der Waals surface area contributed by atoms with Crippen molar-refractivity contribution in [2.45, 2.75) is 25.5 Å². The van der Waals surface area contributed by atoms with Gasteiger partial charge in [-0.2, -0.15) is 0 Å². The number of carbonyl (C=O) groups is 1. The summed E-state index contributed by atoms with van der Waals surface area (Å²) in [4.78, 5) is 20.8. The first kappa shape index (κ1) is 16.7. The second-order valence-electron chi connectivity index (χ2n) is 5.48. The van der Waals surface area contributed by atoms with Crippen LogP contribution in [0.1, 0.15) is 40.8 Å². The molecular weight excluding hydrogens is 330 g/mol. The molecule has 0 saturated carbocycles. The molecule has 1 N–H and O–H groups in total. The lowest BCUT2D eigenvalue weighted by atomic mass is 10.2. The molecule has 3 rings (SSSR count). The average Bonchev–Trinajstić information content (AvgIpc) is 3.14. The second-order valence-corrected chi connectivity index (χ2v) is 5.91. The van der Waals surface area contributed by atoms with Crippen molar-refractivity contribution in [3.63, 3.8) is 0 Å². The summed E-state index contributed by atoms with van der Waals surface area (Å²) in [6.45, 7) is 1.08. The normalized spacial score (nSPS) is 16.8. The lowest BCUT2D eigenvalue weighted by Gasteiger charge is -2.13. The molecular formula is C17H18ClN3O3. The Morgan fingerprint density at radius 2 is 2.33 bits per heavy atom. The van der Waals surface area contributed by atoms with Crippen molar-refractivity contribution in [2.75, 3.05) is 13.7 Å². The first-order valence-electron chi connectivity index (χ1n) is 7.73. The zero-order chi connectivity index (χ0) is 16.9. The Morgan fingerprint density at radius 3 is 3.04 bits per heavy atom. The average molecular weight is 348 g/mol. The van der Waals surface area contributed by atoms with E-state index in [1.165, 1.54) is 13.3 Å². The van der Waals surface area contributed by atoms with E-state index in [4.69, 9.17) is 21.1 Å². The number of hydrogen-bond acceptors (Lipinski definition) is 6. The van der Waals surface area contributed by atoms with E-state index in [9.17, 15) is 4.79 Å². The molecule has 1 fully saturated rings. The highest BCUT2D eigenvalue weighted by molar-refractivity contribution is 6.30. The molecule has 0 spiro atoms. The highest BCUT2D eigenvalue weighted by Gasteiger charge is 2.22. The third-order valence-corrected chi connectivity index (χ3v) is 4.07. The quantitative estimate of drug-likeness (QED) is 0.838. The molecule has 1 aliphatic heterocycles. The van der Waals surface area contributed by atoms with Gasteiger partial charge in [-0.1, -0.05) is 17.7 Å². The molecule has 2 aromatic rings. The molecule has 1 aliphatic rings. The van der Waals surface area contributed by atoms with Crippen molar-refractivity contribution < 1.29 is 14.3 Å². The molecule has 0 bridgehead atoms. The number of hydrogen-bond donors (Lipinski definition) is 1. The molecule has 1 atom stereocenters. The van der Waals surface area contributed by atoms with Crippen molar-refractivity contribution in [1.29, 1.82) is 0 Å². The summed E-state index contributed by atoms with van der Waals surface area (Å²) in [6.07, 6.45) is 3.57. The monoisotopic (exact) mass is 347 g/mol. The summed E-state index contributed by atoms with van der Waals surface area (Å²) in [6, 6.07) is 7.18. The third kappa shape index (κ3) is 3.83. The fourth-order valence-corrected chi connectivity index (χ4v) is 2.78. The van der Waals surface area contributed by atoms with Crippen LogP contribution in [-0.2, 0) is 11.3 Å². The Morgan fingerprint density at radius 1 is 1.46 bits per heavy atom. The molecule has 1 unspecified atom stereocenters. The van der Waals surface area contributed by atoms with Crippen LogP contribution >= 0.6 is 11.6 Å². The molecule has 1 saturated heterocycles. The second kappa shape index (κ2) is 7.59. The molecule has 0 radical (unpaired) electrons. The van der Waals surface area contributed by atoms with Crippen molar-refractivity contribution in [3.8, 4) is 5.75 Å². The van der Waals surface area contributed by atoms with E-state index >= 15 is 0 Å². The molecule has 1 aromatic heterocycles. The van der Waals surface area contributed by atoms with E-state index in [2.05, 4.69) is 15.3 Å². The van der Waals surface area contributed by atoms with Gasteiger partial charge in [0.1, 0.15) is 23.7 Å². The third-order valence-electron chi connectivity index (χ3n) is 3.84. The van der Waals surface area contributed by atoms with Crippen LogP contribution in [0.5, 0.6) is 5.75 Å². The van der Waals surface area contributed by atoms with E-state index in [1.54, 1.807) is 24.3 Å². The van der Waals surface area contributed by atoms with Crippen LogP contribution in [-0.4, -0.2) is 29.6 Å². The number of aromatic nitrogens is 2. The highest BCUT2D eigenvalue weighted by Crippen LogP contribution is 2.22. The van der Waals surface area contributed by atoms with Crippen LogP contribution in [0.3, 0.4) is 0 Å². The van der Waals surface area contributed by atoms with Crippen LogP contribution in [0.15, 0.2) is 30.5 Å². The summed E-state index contributed by atoms with van der Waals surface area (Å²) < 4.78 is 10.5. The summed E-state index contributed by atoms with van der Waals surface area (Å²) in [5, 5.41) is 3.93. The maximum atomic E-state index is 11.9. The Labute approximate surface area is 145 Å². The van der Waals surface area contributed by atoms with Crippen LogP contribution in [0.4, 0.5) is 0 Å². The van der Waals surface area contributed by atoms with Crippen molar-refractivity contribution in [1.82, 2.24) is 15.3 Å². The summed E-state index contributed by atoms with van der Waals surface area (Å²) >= 11 is 5.95. The number of methoxy groups -OCH3 is 1. The standard InChI is InChI=1S/C17H18ClN3O3/c1-23-17(22)13-9-20-16(14-6-3-7-19-14)21-15(13)10-24-12-5-2-4-11(18)8-12/h2,4-5,8-9,14,19H,3,6-7,10H2,1H3. The summed E-state index contributed by atoms with van der Waals surface area (Å²) in [5.41, 5.74) is 0.807. The van der Waals surface area contributed by atoms with E-state index < -0.39 is 5.97 Å². The minimum Gasteiger partial charge on any atom is -0.487 e. The van der Waals surface area contributed by atoms with Crippen molar-refractivity contribution in [3.05, 3.63) is 52.6 Å². The number of ether oxygens (including phenoxy) is 2. The number of halogens is 1. The first-order chi connectivity index (χ1) is 11.7. The molecule has 0 aliphatic carbocycles. The fourth-order valence-electron chi connectivity index (χ4n) is 2.60. The van der Waals surface area contributed by atoms with Gasteiger partial charge in [-0.05, 0) is 37.6 Å². The first-order valence-corrected chi connectivity index (χ1v) is 8.11. The largest absolute Gasteiger partial charge is 0.487 e. The van der Waals surface area contributed by atoms with Crippen LogP contribution in [0.2, 0.25) is 5.02 Å². The van der Waals surface area contributed by atoms with Gasteiger partial charge in [0.05, 0.1) is 18.8 Å². The number of rotatable bonds is 5. The molecule has 0 amide bonds. The van der Waals surface area contributed by atoms with Gasteiger partial charge in [-0.25, -0.2) is 14.8 Å². The molecule has 7 heteroatoms. The number of esters is 1. The zero-order valence-corrected chi connectivity index (χ0v) is 14.0. The van der Waals surface area contributed by atoms with Crippen molar-refractivity contribution >= 4 is 17.6 Å². The van der Waals surface area contributed by atoms with Crippen molar-refractivity contribution in [2.24, 2.45) is 0 Å². The smallest absolute Gasteiger partial charge is 0.341 e. The number of benzene rings is 1. The number of nitrogens with zero attached hydrogens (tertiary/aromatic N) is 2. The van der Waals surface area contributed by atoms with Gasteiger partial charge in [0.15, 0.2) is 0 Å². The van der Waals surface area contributed by atoms with Gasteiger partial charge in [0, 0.05) is 11.2 Å². The van der Waals surface area contributed by atoms with Gasteiger partial charge in [-0.15, -0.1) is 0 Å². The van der Waals surface area contributed by atoms with Gasteiger partial charge >= 0.3 is 5.97 Å². The van der Waals surface area contributed by atoms with Crippen LogP contribution in [0, 0.1) is 0 Å². The topological polar surface area (TPSA) is 73.3 Å². The number of nitrogens with one attached hydrogen (secondary N) is 1. The Bertz CT molecular complexity index is 733. The molecule has 6 nitrogen and oxygen atoms in total. The van der Waals surface area contributed by atoms with Crippen LogP contribution in [0.25, 0.3) is 0 Å². The summed E-state index contributed by atoms with van der Waals surface area (Å²) in [7, 11) is 1.33. The van der Waals surface area contributed by atoms with Gasteiger partial charge in [0.2, 0.25) is 0 Å². The lowest BCUT2D eigenvalue weighted by Crippen LogP contribution is -2.19. The molecule has 126 valence electrons. The summed E-state index contributed by atoms with van der Waals surface area (Å²) in [5.74, 6) is 0.799. The number of carbonyl (C=O) groups excluding carboxylic acids is 1.